The number of esters is 2. The molecule has 0 aromatic carbocycles. The first kappa shape index (κ1) is 23.7. The van der Waals surface area contributed by atoms with Crippen LogP contribution in [0, 0.1) is 0 Å². The van der Waals surface area contributed by atoms with Crippen LogP contribution in [0.25, 0.3) is 0 Å². The molecular weight excluding hydrogens is 392 g/mol. The monoisotopic (exact) mass is 410 g/mol. The van der Waals surface area contributed by atoms with Gasteiger partial charge < -0.3 is 50.3 Å². The number of aliphatic hydroxyl groups excluding tert-OH is 8. The second-order valence-electron chi connectivity index (χ2n) is 4.89. The van der Waals surface area contributed by atoms with E-state index in [9.17, 15) is 35.1 Å². The van der Waals surface area contributed by atoms with E-state index in [0.717, 1.165) is 0 Å². The topological polar surface area (TPSA) is 214 Å². The molecule has 1 aliphatic heterocycles. The van der Waals surface area contributed by atoms with Crippen LogP contribution < -0.4 is 0 Å². The van der Waals surface area contributed by atoms with Gasteiger partial charge in [-0.05, 0) is 0 Å². The van der Waals surface area contributed by atoms with Crippen LogP contribution >= 0.6 is 0 Å². The summed E-state index contributed by atoms with van der Waals surface area (Å²) >= 11 is 0. The molecule has 146 valence electrons. The maximum Gasteiger partial charge on any atom is 0.378 e. The van der Waals surface area contributed by atoms with Crippen LogP contribution in [-0.2, 0) is 36.1 Å². The fraction of sp³-hybridized carbons (Fsp3) is 0.667. The van der Waals surface area contributed by atoms with Gasteiger partial charge in [0.05, 0.1) is 13.2 Å². The standard InChI is InChI=1S/C12H18O12.Fe/c13-1-3(15)5(17)6(18)7(19)11(21)24-10-8(20)12(22)23-9(10)4(16)2-14;/h3-7,9,13-20H,1-2H2;/t3-,4+,5-,6+,7-,9-;/m1./s1. The van der Waals surface area contributed by atoms with Gasteiger partial charge in [-0.15, -0.1) is 0 Å². The van der Waals surface area contributed by atoms with Gasteiger partial charge in [0.1, 0.15) is 24.4 Å². The Morgan fingerprint density at radius 2 is 1.64 bits per heavy atom. The maximum absolute atomic E-state index is 11.7. The summed E-state index contributed by atoms with van der Waals surface area (Å²) in [6.07, 6.45) is -12.2. The van der Waals surface area contributed by atoms with Crippen molar-refractivity contribution in [3.05, 3.63) is 11.5 Å². The van der Waals surface area contributed by atoms with E-state index in [1.807, 2.05) is 0 Å². The maximum atomic E-state index is 11.7. The number of rotatable bonds is 8. The zero-order valence-corrected chi connectivity index (χ0v) is 13.5. The van der Waals surface area contributed by atoms with E-state index >= 15 is 0 Å². The van der Waals surface area contributed by atoms with Crippen molar-refractivity contribution in [2.24, 2.45) is 0 Å². The summed E-state index contributed by atoms with van der Waals surface area (Å²) in [6, 6.07) is 0. The fourth-order valence-electron chi connectivity index (χ4n) is 1.75. The molecular formula is C12H18FeO12. The Balaban J connectivity index is 0.00000576. The Bertz CT molecular complexity index is 508. The van der Waals surface area contributed by atoms with Gasteiger partial charge >= 0.3 is 11.9 Å². The van der Waals surface area contributed by atoms with Crippen molar-refractivity contribution in [3.8, 4) is 0 Å². The van der Waals surface area contributed by atoms with Crippen LogP contribution in [0.1, 0.15) is 0 Å². The summed E-state index contributed by atoms with van der Waals surface area (Å²) in [5.41, 5.74) is 0. The molecule has 0 saturated heterocycles. The van der Waals surface area contributed by atoms with Crippen LogP contribution in [-0.4, -0.2) is 103 Å². The first-order valence-electron chi connectivity index (χ1n) is 6.63. The predicted molar refractivity (Wildman–Crippen MR) is 69.8 cm³/mol. The minimum absolute atomic E-state index is 0. The Labute approximate surface area is 151 Å². The number of cyclic esters (lactones) is 1. The second kappa shape index (κ2) is 10.0. The Kier molecular flexibility index (Phi) is 9.50. The Morgan fingerprint density at radius 1 is 1.08 bits per heavy atom. The van der Waals surface area contributed by atoms with Gasteiger partial charge in [0.2, 0.25) is 11.5 Å². The van der Waals surface area contributed by atoms with Gasteiger partial charge in [0, 0.05) is 17.1 Å². The molecule has 0 saturated carbocycles. The van der Waals surface area contributed by atoms with Crippen molar-refractivity contribution in [1.29, 1.82) is 0 Å². The van der Waals surface area contributed by atoms with Crippen molar-refractivity contribution >= 4 is 11.9 Å². The molecule has 0 aromatic heterocycles. The molecule has 0 aliphatic carbocycles. The third-order valence-electron chi connectivity index (χ3n) is 3.16. The molecule has 1 heterocycles. The normalized spacial score (nSPS) is 23.2. The molecule has 1 aliphatic rings. The molecule has 6 atom stereocenters. The molecule has 0 amide bonds. The first-order valence-corrected chi connectivity index (χ1v) is 6.63. The van der Waals surface area contributed by atoms with E-state index in [1.165, 1.54) is 0 Å². The van der Waals surface area contributed by atoms with E-state index in [4.69, 9.17) is 15.3 Å². The molecule has 0 radical (unpaired) electrons. The molecule has 1 rings (SSSR count). The van der Waals surface area contributed by atoms with E-state index < -0.39 is 73.3 Å². The molecule has 0 spiro atoms. The molecule has 13 heteroatoms. The summed E-state index contributed by atoms with van der Waals surface area (Å²) in [5.74, 6) is -5.13. The van der Waals surface area contributed by atoms with Crippen molar-refractivity contribution in [2.75, 3.05) is 13.2 Å². The van der Waals surface area contributed by atoms with Crippen molar-refractivity contribution in [3.63, 3.8) is 0 Å². The van der Waals surface area contributed by atoms with Crippen LogP contribution in [0.3, 0.4) is 0 Å². The van der Waals surface area contributed by atoms with E-state index in [0.29, 0.717) is 0 Å². The molecule has 0 fully saturated rings. The third-order valence-corrected chi connectivity index (χ3v) is 3.16. The summed E-state index contributed by atoms with van der Waals surface area (Å²) in [6.45, 7) is -1.89. The number of carbonyl (C=O) groups excluding carboxylic acids is 2. The van der Waals surface area contributed by atoms with Crippen LogP contribution in [0.2, 0.25) is 0 Å². The number of hydrogen-bond donors (Lipinski definition) is 8. The summed E-state index contributed by atoms with van der Waals surface area (Å²) < 4.78 is 8.95. The van der Waals surface area contributed by atoms with Crippen molar-refractivity contribution < 1.29 is 77.0 Å². The fourth-order valence-corrected chi connectivity index (χ4v) is 1.75. The van der Waals surface area contributed by atoms with Gasteiger partial charge in [-0.2, -0.15) is 0 Å². The number of ether oxygens (including phenoxy) is 2. The minimum atomic E-state index is -2.44. The van der Waals surface area contributed by atoms with E-state index in [1.54, 1.807) is 0 Å². The zero-order chi connectivity index (χ0) is 18.6. The van der Waals surface area contributed by atoms with Crippen molar-refractivity contribution in [1.82, 2.24) is 0 Å². The quantitative estimate of drug-likeness (QED) is 0.140. The van der Waals surface area contributed by atoms with Crippen LogP contribution in [0.5, 0.6) is 0 Å². The van der Waals surface area contributed by atoms with Crippen LogP contribution in [0.4, 0.5) is 0 Å². The minimum Gasteiger partial charge on any atom is -0.499 e. The number of aliphatic hydroxyl groups is 8. The third kappa shape index (κ3) is 5.34. The van der Waals surface area contributed by atoms with Gasteiger partial charge in [0.25, 0.3) is 0 Å². The van der Waals surface area contributed by atoms with E-state index in [-0.39, 0.29) is 17.1 Å². The molecule has 0 unspecified atom stereocenters. The van der Waals surface area contributed by atoms with Gasteiger partial charge in [-0.1, -0.05) is 0 Å². The SMILES string of the molecule is O=C1O[C@H]([C@@H](O)CO)C(OC(=O)[C@H](O)[C@@H](O)[C@H](O)[C@H](O)CO)=C1O.[Fe]. The number of carbonyl (C=O) groups is 2. The largest absolute Gasteiger partial charge is 0.499 e. The molecule has 25 heavy (non-hydrogen) atoms. The van der Waals surface area contributed by atoms with Gasteiger partial charge in [0.15, 0.2) is 12.2 Å². The summed E-state index contributed by atoms with van der Waals surface area (Å²) in [7, 11) is 0. The molecule has 8 N–H and O–H groups in total. The average Bonchev–Trinajstić information content (AvgIpc) is 2.86. The molecule has 0 aromatic rings. The summed E-state index contributed by atoms with van der Waals surface area (Å²) in [4.78, 5) is 22.9. The smallest absolute Gasteiger partial charge is 0.378 e. The second-order valence-corrected chi connectivity index (χ2v) is 4.89. The van der Waals surface area contributed by atoms with Crippen LogP contribution in [0.15, 0.2) is 11.5 Å². The molecule has 0 bridgehead atoms. The van der Waals surface area contributed by atoms with Gasteiger partial charge in [-0.3, -0.25) is 0 Å². The average molecular weight is 410 g/mol. The Morgan fingerprint density at radius 3 is 2.12 bits per heavy atom. The number of hydrogen-bond acceptors (Lipinski definition) is 12. The van der Waals surface area contributed by atoms with Crippen molar-refractivity contribution in [2.45, 2.75) is 36.6 Å². The first-order chi connectivity index (χ1) is 11.1. The zero-order valence-electron chi connectivity index (χ0n) is 12.4. The molecule has 12 nitrogen and oxygen atoms in total. The van der Waals surface area contributed by atoms with Gasteiger partial charge in [-0.25, -0.2) is 9.59 Å². The summed E-state index contributed by atoms with van der Waals surface area (Å²) in [5, 5.41) is 74.0. The predicted octanol–water partition coefficient (Wildman–Crippen LogP) is -4.99. The van der Waals surface area contributed by atoms with E-state index in [2.05, 4.69) is 9.47 Å². The Hall–Kier alpha value is -1.28.